The van der Waals surface area contributed by atoms with Crippen LogP contribution in [0.4, 0.5) is 0 Å². The van der Waals surface area contributed by atoms with E-state index in [1.165, 1.54) is 4.68 Å². The molecular formula is C16H21N3O2. The minimum atomic E-state index is -0.0851. The zero-order valence-electron chi connectivity index (χ0n) is 12.3. The van der Waals surface area contributed by atoms with E-state index in [0.29, 0.717) is 6.42 Å². The number of amides is 1. The Balaban J connectivity index is 1.66. The summed E-state index contributed by atoms with van der Waals surface area (Å²) in [7, 11) is 1.67. The molecule has 2 atom stereocenters. The van der Waals surface area contributed by atoms with Crippen LogP contribution in [0.25, 0.3) is 0 Å². The van der Waals surface area contributed by atoms with E-state index < -0.39 is 0 Å². The van der Waals surface area contributed by atoms with Crippen LogP contribution in [-0.4, -0.2) is 21.7 Å². The summed E-state index contributed by atoms with van der Waals surface area (Å²) in [6.45, 7) is 0. The number of carbonyl (C=O) groups is 1. The zero-order chi connectivity index (χ0) is 14.8. The van der Waals surface area contributed by atoms with Crippen molar-refractivity contribution in [2.75, 3.05) is 0 Å². The summed E-state index contributed by atoms with van der Waals surface area (Å²) in [6.07, 6.45) is 9.44. The third-order valence-electron chi connectivity index (χ3n) is 4.44. The monoisotopic (exact) mass is 287 g/mol. The summed E-state index contributed by atoms with van der Waals surface area (Å²) in [5.41, 5.74) is 1.89. The average Bonchev–Trinajstić information content (AvgIpc) is 2.49. The number of nitrogens with one attached hydrogen (secondary N) is 1. The third-order valence-corrected chi connectivity index (χ3v) is 4.44. The van der Waals surface area contributed by atoms with Gasteiger partial charge in [0.1, 0.15) is 0 Å². The van der Waals surface area contributed by atoms with Crippen LogP contribution in [0.1, 0.15) is 36.9 Å². The molecule has 0 fully saturated rings. The van der Waals surface area contributed by atoms with Crippen LogP contribution >= 0.6 is 0 Å². The standard InChI is InChI=1S/C16H21N3O2/c1-19-15(20)10-12-9-13(7-8-14(12)18-19)17-16(21)11-5-3-2-4-6-11/h2-3,10-11,13H,4-9H2,1H3,(H,17,21). The van der Waals surface area contributed by atoms with Crippen molar-refractivity contribution < 1.29 is 4.79 Å². The van der Waals surface area contributed by atoms with Crippen molar-refractivity contribution >= 4 is 5.91 Å². The van der Waals surface area contributed by atoms with Gasteiger partial charge in [-0.3, -0.25) is 9.59 Å². The number of fused-ring (bicyclic) bond motifs is 1. The second-order valence-corrected chi connectivity index (χ2v) is 6.01. The second-order valence-electron chi connectivity index (χ2n) is 6.01. The van der Waals surface area contributed by atoms with Crippen LogP contribution in [0.15, 0.2) is 23.0 Å². The molecule has 1 amide bonds. The Bertz CT molecular complexity index is 633. The Morgan fingerprint density at radius 1 is 1.38 bits per heavy atom. The van der Waals surface area contributed by atoms with Gasteiger partial charge in [-0.2, -0.15) is 5.10 Å². The molecule has 1 heterocycles. The van der Waals surface area contributed by atoms with Gasteiger partial charge >= 0.3 is 0 Å². The first-order chi connectivity index (χ1) is 10.1. The summed E-state index contributed by atoms with van der Waals surface area (Å²) in [5, 5.41) is 7.45. The van der Waals surface area contributed by atoms with Gasteiger partial charge in [-0.05, 0) is 44.1 Å². The number of rotatable bonds is 2. The van der Waals surface area contributed by atoms with Crippen molar-refractivity contribution in [3.05, 3.63) is 39.8 Å². The molecular weight excluding hydrogens is 266 g/mol. The Labute approximate surface area is 124 Å². The number of aryl methyl sites for hydroxylation is 2. The minimum Gasteiger partial charge on any atom is -0.353 e. The fraction of sp³-hybridized carbons (Fsp3) is 0.562. The largest absolute Gasteiger partial charge is 0.353 e. The second kappa shape index (κ2) is 5.84. The smallest absolute Gasteiger partial charge is 0.266 e. The van der Waals surface area contributed by atoms with Crippen LogP contribution in [0, 0.1) is 5.92 Å². The van der Waals surface area contributed by atoms with Crippen molar-refractivity contribution in [3.8, 4) is 0 Å². The van der Waals surface area contributed by atoms with E-state index >= 15 is 0 Å². The molecule has 3 rings (SSSR count). The molecule has 1 aromatic heterocycles. The van der Waals surface area contributed by atoms with Gasteiger partial charge in [0.25, 0.3) is 5.56 Å². The minimum absolute atomic E-state index is 0.0851. The van der Waals surface area contributed by atoms with Gasteiger partial charge in [-0.15, -0.1) is 0 Å². The van der Waals surface area contributed by atoms with E-state index in [-0.39, 0.29) is 23.4 Å². The van der Waals surface area contributed by atoms with E-state index in [9.17, 15) is 9.59 Å². The third kappa shape index (κ3) is 3.06. The molecule has 2 unspecified atom stereocenters. The number of hydrogen-bond acceptors (Lipinski definition) is 3. The maximum atomic E-state index is 12.3. The van der Waals surface area contributed by atoms with Crippen LogP contribution in [0.3, 0.4) is 0 Å². The van der Waals surface area contributed by atoms with Crippen molar-refractivity contribution in [1.82, 2.24) is 15.1 Å². The molecule has 112 valence electrons. The van der Waals surface area contributed by atoms with Gasteiger partial charge in [-0.25, -0.2) is 4.68 Å². The molecule has 0 spiro atoms. The molecule has 0 radical (unpaired) electrons. The molecule has 5 nitrogen and oxygen atoms in total. The lowest BCUT2D eigenvalue weighted by Gasteiger charge is -2.27. The van der Waals surface area contributed by atoms with Crippen LogP contribution in [0.5, 0.6) is 0 Å². The lowest BCUT2D eigenvalue weighted by atomic mass is 9.90. The zero-order valence-corrected chi connectivity index (χ0v) is 12.3. The average molecular weight is 287 g/mol. The number of hydrogen-bond donors (Lipinski definition) is 1. The van der Waals surface area contributed by atoms with E-state index in [0.717, 1.165) is 43.4 Å². The molecule has 0 saturated carbocycles. The van der Waals surface area contributed by atoms with Crippen LogP contribution < -0.4 is 10.9 Å². The summed E-state index contributed by atoms with van der Waals surface area (Å²) >= 11 is 0. The quantitative estimate of drug-likeness (QED) is 0.829. The summed E-state index contributed by atoms with van der Waals surface area (Å²) < 4.78 is 1.38. The molecule has 1 N–H and O–H groups in total. The SMILES string of the molecule is Cn1nc2c(cc1=O)CC(NC(=O)C1CC=CCC1)CC2. The molecule has 2 aliphatic rings. The normalized spacial score (nSPS) is 24.4. The first-order valence-corrected chi connectivity index (χ1v) is 7.65. The summed E-state index contributed by atoms with van der Waals surface area (Å²) in [5.74, 6) is 0.266. The first kappa shape index (κ1) is 14.0. The van der Waals surface area contributed by atoms with Gasteiger partial charge in [-0.1, -0.05) is 12.2 Å². The Morgan fingerprint density at radius 3 is 3.00 bits per heavy atom. The fourth-order valence-corrected chi connectivity index (χ4v) is 3.16. The van der Waals surface area contributed by atoms with E-state index in [4.69, 9.17) is 0 Å². The van der Waals surface area contributed by atoms with Gasteiger partial charge in [0.2, 0.25) is 5.91 Å². The molecule has 21 heavy (non-hydrogen) atoms. The van der Waals surface area contributed by atoms with Gasteiger partial charge < -0.3 is 5.32 Å². The summed E-state index contributed by atoms with van der Waals surface area (Å²) in [4.78, 5) is 23.9. The topological polar surface area (TPSA) is 64.0 Å². The van der Waals surface area contributed by atoms with Crippen molar-refractivity contribution in [2.45, 2.75) is 44.6 Å². The number of nitrogens with zero attached hydrogens (tertiary/aromatic N) is 2. The summed E-state index contributed by atoms with van der Waals surface area (Å²) in [6, 6.07) is 1.79. The number of carbonyl (C=O) groups excluding carboxylic acids is 1. The predicted octanol–water partition coefficient (Wildman–Crippen LogP) is 1.11. The van der Waals surface area contributed by atoms with E-state index in [1.807, 2.05) is 0 Å². The van der Waals surface area contributed by atoms with Gasteiger partial charge in [0.05, 0.1) is 5.69 Å². The van der Waals surface area contributed by atoms with Crippen molar-refractivity contribution in [3.63, 3.8) is 0 Å². The van der Waals surface area contributed by atoms with Crippen molar-refractivity contribution in [1.29, 1.82) is 0 Å². The highest BCUT2D eigenvalue weighted by molar-refractivity contribution is 5.79. The van der Waals surface area contributed by atoms with E-state index in [1.54, 1.807) is 13.1 Å². The highest BCUT2D eigenvalue weighted by Gasteiger charge is 2.25. The molecule has 1 aromatic rings. The highest BCUT2D eigenvalue weighted by atomic mass is 16.2. The lowest BCUT2D eigenvalue weighted by molar-refractivity contribution is -0.126. The number of allylic oxidation sites excluding steroid dienone is 2. The van der Waals surface area contributed by atoms with Crippen LogP contribution in [0.2, 0.25) is 0 Å². The van der Waals surface area contributed by atoms with Gasteiger partial charge in [0.15, 0.2) is 0 Å². The number of aromatic nitrogens is 2. The predicted molar refractivity (Wildman–Crippen MR) is 79.9 cm³/mol. The lowest BCUT2D eigenvalue weighted by Crippen LogP contribution is -2.43. The maximum Gasteiger partial charge on any atom is 0.266 e. The highest BCUT2D eigenvalue weighted by Crippen LogP contribution is 2.21. The molecule has 0 saturated heterocycles. The molecule has 0 aromatic carbocycles. The molecule has 0 aliphatic heterocycles. The molecule has 0 bridgehead atoms. The van der Waals surface area contributed by atoms with Crippen LogP contribution in [-0.2, 0) is 24.7 Å². The molecule has 5 heteroatoms. The Hall–Kier alpha value is -1.91. The van der Waals surface area contributed by atoms with E-state index in [2.05, 4.69) is 22.6 Å². The Kier molecular flexibility index (Phi) is 3.90. The van der Waals surface area contributed by atoms with Gasteiger partial charge in [0, 0.05) is 25.1 Å². The fourth-order valence-electron chi connectivity index (χ4n) is 3.16. The first-order valence-electron chi connectivity index (χ1n) is 7.65. The van der Waals surface area contributed by atoms with Crippen molar-refractivity contribution in [2.24, 2.45) is 13.0 Å². The molecule has 2 aliphatic carbocycles. The maximum absolute atomic E-state index is 12.3. The Morgan fingerprint density at radius 2 is 2.24 bits per heavy atom.